The van der Waals surface area contributed by atoms with Gasteiger partial charge in [0.2, 0.25) is 0 Å². The molecule has 0 unspecified atom stereocenters. The molecule has 1 amide bonds. The van der Waals surface area contributed by atoms with Crippen molar-refractivity contribution in [2.24, 2.45) is 0 Å². The van der Waals surface area contributed by atoms with Crippen LogP contribution in [0.5, 0.6) is 0 Å². The van der Waals surface area contributed by atoms with Crippen molar-refractivity contribution < 1.29 is 4.79 Å². The Kier molecular flexibility index (Phi) is 5.43. The zero-order valence-corrected chi connectivity index (χ0v) is 14.5. The van der Waals surface area contributed by atoms with E-state index in [1.165, 1.54) is 5.56 Å². The van der Waals surface area contributed by atoms with Crippen LogP contribution in [-0.4, -0.2) is 26.0 Å². The first kappa shape index (κ1) is 17.1. The molecule has 2 rings (SSSR count). The molecular formula is C20H26N2O. The molecule has 122 valence electrons. The minimum atomic E-state index is -0.0214. The van der Waals surface area contributed by atoms with E-state index in [1.807, 2.05) is 49.5 Å². The molecule has 23 heavy (non-hydrogen) atoms. The maximum absolute atomic E-state index is 12.2. The molecule has 0 aliphatic carbocycles. The minimum Gasteiger partial charge on any atom is -0.373 e. The smallest absolute Gasteiger partial charge is 0.251 e. The molecule has 0 saturated carbocycles. The summed E-state index contributed by atoms with van der Waals surface area (Å²) in [6.07, 6.45) is 0. The highest BCUT2D eigenvalue weighted by Crippen LogP contribution is 2.22. The fourth-order valence-electron chi connectivity index (χ4n) is 2.37. The normalized spacial score (nSPS) is 11.1. The summed E-state index contributed by atoms with van der Waals surface area (Å²) >= 11 is 0. The molecule has 0 spiro atoms. The van der Waals surface area contributed by atoms with E-state index >= 15 is 0 Å². The molecule has 2 aromatic rings. The van der Waals surface area contributed by atoms with Gasteiger partial charge in [-0.15, -0.1) is 0 Å². The van der Waals surface area contributed by atoms with Crippen molar-refractivity contribution in [2.45, 2.75) is 26.2 Å². The lowest BCUT2D eigenvalue weighted by atomic mass is 9.87. The second-order valence-electron chi connectivity index (χ2n) is 6.84. The Bertz CT molecular complexity index is 627. The maximum Gasteiger partial charge on any atom is 0.251 e. The number of amides is 1. The minimum absolute atomic E-state index is 0.0214. The third-order valence-electron chi connectivity index (χ3n) is 3.94. The number of nitrogens with one attached hydrogen (secondary N) is 1. The third-order valence-corrected chi connectivity index (χ3v) is 3.94. The average Bonchev–Trinajstić information content (AvgIpc) is 2.54. The molecule has 0 atom stereocenters. The Hall–Kier alpha value is -2.29. The largest absolute Gasteiger partial charge is 0.373 e. The molecule has 2 aromatic carbocycles. The predicted molar refractivity (Wildman–Crippen MR) is 97.2 cm³/mol. The molecule has 0 heterocycles. The molecule has 0 saturated heterocycles. The summed E-state index contributed by atoms with van der Waals surface area (Å²) in [7, 11) is 2.03. The molecule has 0 fully saturated rings. The first-order valence-electron chi connectivity index (χ1n) is 8.03. The quantitative estimate of drug-likeness (QED) is 0.910. The van der Waals surface area contributed by atoms with Crippen molar-refractivity contribution >= 4 is 11.6 Å². The second-order valence-corrected chi connectivity index (χ2v) is 6.84. The van der Waals surface area contributed by atoms with Gasteiger partial charge in [-0.25, -0.2) is 0 Å². The van der Waals surface area contributed by atoms with Gasteiger partial charge in [0.1, 0.15) is 0 Å². The van der Waals surface area contributed by atoms with Crippen molar-refractivity contribution in [3.63, 3.8) is 0 Å². The third kappa shape index (κ3) is 4.85. The number of hydrogen-bond acceptors (Lipinski definition) is 2. The number of likely N-dealkylation sites (N-methyl/N-ethyl adjacent to an activating group) is 1. The molecule has 0 radical (unpaired) electrons. The van der Waals surface area contributed by atoms with Gasteiger partial charge in [0.15, 0.2) is 0 Å². The first-order valence-corrected chi connectivity index (χ1v) is 8.03. The van der Waals surface area contributed by atoms with E-state index < -0.39 is 0 Å². The van der Waals surface area contributed by atoms with Gasteiger partial charge in [-0.1, -0.05) is 51.1 Å². The van der Waals surface area contributed by atoms with Gasteiger partial charge in [-0.2, -0.15) is 0 Å². The van der Waals surface area contributed by atoms with Gasteiger partial charge >= 0.3 is 0 Å². The lowest BCUT2D eigenvalue weighted by molar-refractivity contribution is 0.0954. The molecule has 0 aliphatic heterocycles. The highest BCUT2D eigenvalue weighted by Gasteiger charge is 2.14. The van der Waals surface area contributed by atoms with Crippen LogP contribution in [-0.2, 0) is 5.41 Å². The van der Waals surface area contributed by atoms with E-state index in [0.29, 0.717) is 12.1 Å². The first-order chi connectivity index (χ1) is 10.9. The zero-order chi connectivity index (χ0) is 16.9. The monoisotopic (exact) mass is 310 g/mol. The van der Waals surface area contributed by atoms with Crippen LogP contribution in [0, 0.1) is 0 Å². The molecular weight excluding hydrogens is 284 g/mol. The topological polar surface area (TPSA) is 32.3 Å². The summed E-state index contributed by atoms with van der Waals surface area (Å²) in [5.41, 5.74) is 3.20. The lowest BCUT2D eigenvalue weighted by Gasteiger charge is -2.20. The fraction of sp³-hybridized carbons (Fsp3) is 0.350. The molecule has 3 nitrogen and oxygen atoms in total. The lowest BCUT2D eigenvalue weighted by Crippen LogP contribution is -2.33. The summed E-state index contributed by atoms with van der Waals surface area (Å²) in [5.74, 6) is -0.0214. The number of carbonyl (C=O) groups is 1. The van der Waals surface area contributed by atoms with Gasteiger partial charge in [-0.3, -0.25) is 4.79 Å². The molecule has 0 aliphatic rings. The maximum atomic E-state index is 12.2. The predicted octanol–water partition coefficient (Wildman–Crippen LogP) is 3.85. The van der Waals surface area contributed by atoms with Crippen molar-refractivity contribution in [1.82, 2.24) is 5.32 Å². The fourth-order valence-corrected chi connectivity index (χ4v) is 2.37. The van der Waals surface area contributed by atoms with Crippen LogP contribution in [0.25, 0.3) is 0 Å². The Morgan fingerprint density at radius 3 is 2.17 bits per heavy atom. The summed E-state index contributed by atoms with van der Waals surface area (Å²) < 4.78 is 0. The number of carbonyl (C=O) groups excluding carboxylic acids is 1. The molecule has 0 aromatic heterocycles. The number of rotatable bonds is 5. The van der Waals surface area contributed by atoms with Crippen LogP contribution in [0.4, 0.5) is 5.69 Å². The van der Waals surface area contributed by atoms with Gasteiger partial charge in [0.05, 0.1) is 0 Å². The Morgan fingerprint density at radius 1 is 1.00 bits per heavy atom. The highest BCUT2D eigenvalue weighted by atomic mass is 16.1. The van der Waals surface area contributed by atoms with E-state index in [-0.39, 0.29) is 11.3 Å². The van der Waals surface area contributed by atoms with E-state index in [9.17, 15) is 4.79 Å². The van der Waals surface area contributed by atoms with E-state index in [0.717, 1.165) is 12.2 Å². The zero-order valence-electron chi connectivity index (χ0n) is 14.5. The Morgan fingerprint density at radius 2 is 1.61 bits per heavy atom. The van der Waals surface area contributed by atoms with Crippen LogP contribution in [0.2, 0.25) is 0 Å². The van der Waals surface area contributed by atoms with Gasteiger partial charge in [-0.05, 0) is 35.2 Å². The van der Waals surface area contributed by atoms with Crippen molar-refractivity contribution in [2.75, 3.05) is 25.0 Å². The van der Waals surface area contributed by atoms with Gasteiger partial charge in [0, 0.05) is 31.4 Å². The van der Waals surface area contributed by atoms with Gasteiger partial charge in [0.25, 0.3) is 5.91 Å². The van der Waals surface area contributed by atoms with Crippen molar-refractivity contribution in [3.8, 4) is 0 Å². The summed E-state index contributed by atoms with van der Waals surface area (Å²) in [6.45, 7) is 7.89. The summed E-state index contributed by atoms with van der Waals surface area (Å²) in [5, 5.41) is 2.98. The number of hydrogen-bond donors (Lipinski definition) is 1. The van der Waals surface area contributed by atoms with Crippen LogP contribution < -0.4 is 10.2 Å². The van der Waals surface area contributed by atoms with E-state index in [1.54, 1.807) is 0 Å². The standard InChI is InChI=1S/C20H26N2O/c1-20(2,3)17-12-10-16(11-13-17)19(23)21-14-15-22(4)18-8-6-5-7-9-18/h5-13H,14-15H2,1-4H3,(H,21,23). The van der Waals surface area contributed by atoms with Crippen LogP contribution in [0.3, 0.4) is 0 Å². The van der Waals surface area contributed by atoms with Crippen molar-refractivity contribution in [3.05, 3.63) is 65.7 Å². The molecule has 3 heteroatoms. The van der Waals surface area contributed by atoms with Crippen LogP contribution in [0.1, 0.15) is 36.7 Å². The molecule has 0 bridgehead atoms. The van der Waals surface area contributed by atoms with E-state index in [2.05, 4.69) is 43.1 Å². The number of para-hydroxylation sites is 1. The summed E-state index contributed by atoms with van der Waals surface area (Å²) in [4.78, 5) is 14.3. The number of nitrogens with zero attached hydrogens (tertiary/aromatic N) is 1. The van der Waals surface area contributed by atoms with E-state index in [4.69, 9.17) is 0 Å². The number of benzene rings is 2. The van der Waals surface area contributed by atoms with Crippen LogP contribution >= 0.6 is 0 Å². The highest BCUT2D eigenvalue weighted by molar-refractivity contribution is 5.94. The van der Waals surface area contributed by atoms with Gasteiger partial charge < -0.3 is 10.2 Å². The Labute approximate surface area is 139 Å². The van der Waals surface area contributed by atoms with Crippen LogP contribution in [0.15, 0.2) is 54.6 Å². The second kappa shape index (κ2) is 7.32. The SMILES string of the molecule is CN(CCNC(=O)c1ccc(C(C)(C)C)cc1)c1ccccc1. The molecule has 1 N–H and O–H groups in total. The summed E-state index contributed by atoms with van der Waals surface area (Å²) in [6, 6.07) is 18.0. The van der Waals surface area contributed by atoms with Crippen molar-refractivity contribution in [1.29, 1.82) is 0 Å². The Balaban J connectivity index is 1.85. The number of anilines is 1. The average molecular weight is 310 g/mol.